The second kappa shape index (κ2) is 9.76. The first-order chi connectivity index (χ1) is 13.7. The second-order valence-corrected chi connectivity index (χ2v) is 7.18. The van der Waals surface area contributed by atoms with Gasteiger partial charge < -0.3 is 9.32 Å². The molecule has 0 aliphatic carbocycles. The van der Waals surface area contributed by atoms with Gasteiger partial charge in [-0.05, 0) is 17.7 Å². The summed E-state index contributed by atoms with van der Waals surface area (Å²) >= 11 is 1.34. The molecule has 0 bridgehead atoms. The molecule has 0 saturated carbocycles. The number of nitriles is 1. The summed E-state index contributed by atoms with van der Waals surface area (Å²) in [5.74, 6) is 1.81. The van der Waals surface area contributed by atoms with Crippen LogP contribution in [0.5, 0.6) is 0 Å². The number of benzene rings is 1. The lowest BCUT2D eigenvalue weighted by atomic mass is 10.1. The van der Waals surface area contributed by atoms with Crippen molar-refractivity contribution in [3.8, 4) is 6.07 Å². The van der Waals surface area contributed by atoms with Gasteiger partial charge >= 0.3 is 0 Å². The third-order valence-electron chi connectivity index (χ3n) is 4.20. The first-order valence-corrected chi connectivity index (χ1v) is 9.88. The van der Waals surface area contributed by atoms with Crippen molar-refractivity contribution < 1.29 is 9.21 Å². The molecule has 0 atom stereocenters. The zero-order chi connectivity index (χ0) is 19.8. The van der Waals surface area contributed by atoms with Crippen LogP contribution >= 0.6 is 11.8 Å². The molecular formula is C20H21N5O2S. The lowest BCUT2D eigenvalue weighted by Gasteiger charge is -2.15. The normalized spacial score (nSPS) is 10.6. The summed E-state index contributed by atoms with van der Waals surface area (Å²) in [6.07, 6.45) is 2.60. The number of furan rings is 1. The van der Waals surface area contributed by atoms with Gasteiger partial charge in [0.1, 0.15) is 11.6 Å². The van der Waals surface area contributed by atoms with E-state index in [2.05, 4.69) is 16.3 Å². The largest absolute Gasteiger partial charge is 0.467 e. The van der Waals surface area contributed by atoms with E-state index in [-0.39, 0.29) is 11.7 Å². The topological polar surface area (TPSA) is 88.0 Å². The Kier molecular flexibility index (Phi) is 6.87. The van der Waals surface area contributed by atoms with Crippen LogP contribution in [0.2, 0.25) is 0 Å². The third kappa shape index (κ3) is 5.24. The van der Waals surface area contributed by atoms with E-state index in [1.165, 1.54) is 11.8 Å². The molecule has 0 aliphatic rings. The molecule has 1 aromatic carbocycles. The minimum atomic E-state index is -0.0441. The molecule has 0 radical (unpaired) electrons. The van der Waals surface area contributed by atoms with E-state index in [0.717, 1.165) is 17.1 Å². The molecule has 0 spiro atoms. The molecule has 7 nitrogen and oxygen atoms in total. The molecule has 1 amide bonds. The van der Waals surface area contributed by atoms with Crippen LogP contribution in [0.15, 0.2) is 58.3 Å². The maximum Gasteiger partial charge on any atom is 0.232 e. The molecule has 0 saturated heterocycles. The van der Waals surface area contributed by atoms with Crippen LogP contribution in [0.4, 0.5) is 0 Å². The van der Waals surface area contributed by atoms with Crippen molar-refractivity contribution in [3.63, 3.8) is 0 Å². The second-order valence-electron chi connectivity index (χ2n) is 6.24. The molecule has 0 N–H and O–H groups in total. The van der Waals surface area contributed by atoms with E-state index in [4.69, 9.17) is 9.68 Å². The molecule has 3 aromatic rings. The fourth-order valence-corrected chi connectivity index (χ4v) is 3.53. The number of thioether (sulfide) groups is 1. The highest BCUT2D eigenvalue weighted by Crippen LogP contribution is 2.21. The van der Waals surface area contributed by atoms with Crippen LogP contribution < -0.4 is 0 Å². The van der Waals surface area contributed by atoms with E-state index in [1.807, 2.05) is 47.0 Å². The number of hydrogen-bond donors (Lipinski definition) is 0. The fraction of sp³-hybridized carbons (Fsp3) is 0.300. The standard InChI is InChI=1S/C20H21N5O2S/c1-24(11-6-10-21)19(26)15-28-20-23-22-18(13-16-7-3-2-4-8-16)25(20)14-17-9-5-12-27-17/h2-5,7-9,12H,6,11,13-15H2,1H3. The van der Waals surface area contributed by atoms with Crippen molar-refractivity contribution in [1.82, 2.24) is 19.7 Å². The molecule has 28 heavy (non-hydrogen) atoms. The Bertz CT molecular complexity index is 931. The maximum absolute atomic E-state index is 12.3. The molecular weight excluding hydrogens is 374 g/mol. The van der Waals surface area contributed by atoms with Crippen LogP contribution in [-0.2, 0) is 17.8 Å². The Hall–Kier alpha value is -3.05. The average Bonchev–Trinajstić information content (AvgIpc) is 3.36. The van der Waals surface area contributed by atoms with Crippen molar-refractivity contribution in [2.45, 2.75) is 24.5 Å². The number of rotatable bonds is 9. The Labute approximate surface area is 168 Å². The fourth-order valence-electron chi connectivity index (χ4n) is 2.63. The molecule has 0 unspecified atom stereocenters. The van der Waals surface area contributed by atoms with Crippen LogP contribution in [0, 0.1) is 11.3 Å². The van der Waals surface area contributed by atoms with Gasteiger partial charge in [0.2, 0.25) is 5.91 Å². The summed E-state index contributed by atoms with van der Waals surface area (Å²) in [5, 5.41) is 18.0. The van der Waals surface area contributed by atoms with Gasteiger partial charge in [0.05, 0.1) is 31.1 Å². The summed E-state index contributed by atoms with van der Waals surface area (Å²) < 4.78 is 7.47. The predicted octanol–water partition coefficient (Wildman–Crippen LogP) is 2.97. The van der Waals surface area contributed by atoms with Crippen LogP contribution in [0.1, 0.15) is 23.6 Å². The number of hydrogen-bond acceptors (Lipinski definition) is 6. The minimum Gasteiger partial charge on any atom is -0.467 e. The number of carbonyl (C=O) groups excluding carboxylic acids is 1. The molecule has 0 fully saturated rings. The summed E-state index contributed by atoms with van der Waals surface area (Å²) in [4.78, 5) is 13.8. The maximum atomic E-state index is 12.3. The van der Waals surface area contributed by atoms with Gasteiger partial charge in [-0.2, -0.15) is 5.26 Å². The Morgan fingerprint density at radius 1 is 1.25 bits per heavy atom. The number of nitrogens with zero attached hydrogens (tertiary/aromatic N) is 5. The van der Waals surface area contributed by atoms with Crippen LogP contribution in [0.25, 0.3) is 0 Å². The van der Waals surface area contributed by atoms with E-state index >= 15 is 0 Å². The van der Waals surface area contributed by atoms with Crippen molar-refractivity contribution in [2.75, 3.05) is 19.3 Å². The van der Waals surface area contributed by atoms with E-state index in [1.54, 1.807) is 18.2 Å². The lowest BCUT2D eigenvalue weighted by Crippen LogP contribution is -2.29. The van der Waals surface area contributed by atoms with Crippen molar-refractivity contribution >= 4 is 17.7 Å². The van der Waals surface area contributed by atoms with Crippen molar-refractivity contribution in [2.24, 2.45) is 0 Å². The summed E-state index contributed by atoms with van der Waals surface area (Å²) in [7, 11) is 1.70. The Morgan fingerprint density at radius 2 is 2.07 bits per heavy atom. The number of carbonyl (C=O) groups is 1. The minimum absolute atomic E-state index is 0.0441. The smallest absolute Gasteiger partial charge is 0.232 e. The van der Waals surface area contributed by atoms with Gasteiger partial charge in [0.25, 0.3) is 0 Å². The van der Waals surface area contributed by atoms with Crippen molar-refractivity contribution in [3.05, 3.63) is 65.9 Å². The molecule has 2 heterocycles. The Morgan fingerprint density at radius 3 is 2.79 bits per heavy atom. The number of amides is 1. The molecule has 144 valence electrons. The van der Waals surface area contributed by atoms with E-state index < -0.39 is 0 Å². The van der Waals surface area contributed by atoms with Gasteiger partial charge in [-0.3, -0.25) is 9.36 Å². The lowest BCUT2D eigenvalue weighted by molar-refractivity contribution is -0.127. The average molecular weight is 395 g/mol. The van der Waals surface area contributed by atoms with Gasteiger partial charge in [0.15, 0.2) is 5.16 Å². The quantitative estimate of drug-likeness (QED) is 0.518. The molecule has 8 heteroatoms. The molecule has 0 aliphatic heterocycles. The first kappa shape index (κ1) is 19.7. The predicted molar refractivity (Wildman–Crippen MR) is 106 cm³/mol. The van der Waals surface area contributed by atoms with Crippen LogP contribution in [-0.4, -0.2) is 44.9 Å². The summed E-state index contributed by atoms with van der Waals surface area (Å²) in [6.45, 7) is 0.928. The van der Waals surface area contributed by atoms with E-state index in [9.17, 15) is 4.79 Å². The zero-order valence-corrected chi connectivity index (χ0v) is 16.4. The zero-order valence-electron chi connectivity index (χ0n) is 15.6. The van der Waals surface area contributed by atoms with Gasteiger partial charge in [-0.1, -0.05) is 42.1 Å². The highest BCUT2D eigenvalue weighted by molar-refractivity contribution is 7.99. The SMILES string of the molecule is CN(CCC#N)C(=O)CSc1nnc(Cc2ccccc2)n1Cc1ccco1. The van der Waals surface area contributed by atoms with Crippen LogP contribution in [0.3, 0.4) is 0 Å². The number of aromatic nitrogens is 3. The molecule has 3 rings (SSSR count). The highest BCUT2D eigenvalue weighted by Gasteiger charge is 2.17. The van der Waals surface area contributed by atoms with E-state index in [0.29, 0.717) is 31.1 Å². The third-order valence-corrected chi connectivity index (χ3v) is 5.15. The molecule has 2 aromatic heterocycles. The first-order valence-electron chi connectivity index (χ1n) is 8.89. The Balaban J connectivity index is 1.74. The van der Waals surface area contributed by atoms with Gasteiger partial charge in [-0.25, -0.2) is 0 Å². The summed E-state index contributed by atoms with van der Waals surface area (Å²) in [5.41, 5.74) is 1.14. The monoisotopic (exact) mass is 395 g/mol. The summed E-state index contributed by atoms with van der Waals surface area (Å²) in [6, 6.07) is 15.9. The van der Waals surface area contributed by atoms with Gasteiger partial charge in [-0.15, -0.1) is 10.2 Å². The van der Waals surface area contributed by atoms with Gasteiger partial charge in [0, 0.05) is 20.0 Å². The van der Waals surface area contributed by atoms with Crippen molar-refractivity contribution in [1.29, 1.82) is 5.26 Å². The highest BCUT2D eigenvalue weighted by atomic mass is 32.2.